The van der Waals surface area contributed by atoms with Crippen LogP contribution in [0.3, 0.4) is 0 Å². The fourth-order valence-corrected chi connectivity index (χ4v) is 2.17. The third-order valence-electron chi connectivity index (χ3n) is 2.57. The lowest BCUT2D eigenvalue weighted by Gasteiger charge is -2.19. The molecule has 1 unspecified atom stereocenters. The molecule has 0 N–H and O–H groups in total. The van der Waals surface area contributed by atoms with Crippen molar-refractivity contribution in [1.82, 2.24) is 18.8 Å². The Labute approximate surface area is 104 Å². The maximum atomic E-state index is 11.9. The number of likely N-dealkylation sites (N-methyl/N-ethyl adjacent to an activating group) is 1. The van der Waals surface area contributed by atoms with E-state index in [0.717, 1.165) is 11.4 Å². The molecule has 1 atom stereocenters. The molecule has 0 fully saturated rings. The lowest BCUT2D eigenvalue weighted by Crippen LogP contribution is -2.29. The van der Waals surface area contributed by atoms with E-state index in [1.807, 2.05) is 23.1 Å². The lowest BCUT2D eigenvalue weighted by atomic mass is 10.2. The molecule has 6 heteroatoms. The third-order valence-corrected chi connectivity index (χ3v) is 3.16. The summed E-state index contributed by atoms with van der Waals surface area (Å²) < 4.78 is 5.92. The van der Waals surface area contributed by atoms with Crippen LogP contribution in [0.4, 0.5) is 0 Å². The zero-order valence-corrected chi connectivity index (χ0v) is 10.8. The highest BCUT2D eigenvalue weighted by Crippen LogP contribution is 2.22. The van der Waals surface area contributed by atoms with Crippen LogP contribution < -0.4 is 0 Å². The molecule has 2 aromatic heterocycles. The summed E-state index contributed by atoms with van der Waals surface area (Å²) in [6.07, 6.45) is 5.28. The van der Waals surface area contributed by atoms with E-state index in [-0.39, 0.29) is 11.9 Å². The highest BCUT2D eigenvalue weighted by molar-refractivity contribution is 7.03. The molecule has 0 aliphatic rings. The summed E-state index contributed by atoms with van der Waals surface area (Å²) >= 11 is 1.37. The second kappa shape index (κ2) is 4.67. The van der Waals surface area contributed by atoms with Crippen LogP contribution in [0.15, 0.2) is 24.0 Å². The average Bonchev–Trinajstić information content (AvgIpc) is 2.96. The van der Waals surface area contributed by atoms with E-state index in [1.165, 1.54) is 11.5 Å². The van der Waals surface area contributed by atoms with Crippen LogP contribution in [0.5, 0.6) is 0 Å². The highest BCUT2D eigenvalue weighted by atomic mass is 32.1. The Balaban J connectivity index is 2.34. The molecule has 0 aromatic carbocycles. The van der Waals surface area contributed by atoms with Crippen LogP contribution in [0.1, 0.15) is 13.0 Å². The van der Waals surface area contributed by atoms with E-state index < -0.39 is 0 Å². The largest absolute Gasteiger partial charge is 0.347 e. The zero-order chi connectivity index (χ0) is 12.4. The molecule has 17 heavy (non-hydrogen) atoms. The van der Waals surface area contributed by atoms with Crippen LogP contribution in [-0.4, -0.2) is 38.8 Å². The summed E-state index contributed by atoms with van der Waals surface area (Å²) in [4.78, 5) is 17.8. The Kier molecular flexibility index (Phi) is 3.23. The summed E-state index contributed by atoms with van der Waals surface area (Å²) in [5.74, 6) is 0.828. The number of hydrogen-bond donors (Lipinski definition) is 0. The second-order valence-electron chi connectivity index (χ2n) is 3.98. The van der Waals surface area contributed by atoms with Gasteiger partial charge in [0.15, 0.2) is 0 Å². The predicted octanol–water partition coefficient (Wildman–Crippen LogP) is 1.66. The second-order valence-corrected chi connectivity index (χ2v) is 4.64. The minimum absolute atomic E-state index is 0.0486. The van der Waals surface area contributed by atoms with Gasteiger partial charge in [-0.3, -0.25) is 4.79 Å². The number of amides is 1. The summed E-state index contributed by atoms with van der Waals surface area (Å²) in [5, 5.41) is 1.92. The van der Waals surface area contributed by atoms with Crippen molar-refractivity contribution in [1.29, 1.82) is 0 Å². The predicted molar refractivity (Wildman–Crippen MR) is 66.7 cm³/mol. The van der Waals surface area contributed by atoms with Crippen LogP contribution in [0, 0.1) is 0 Å². The van der Waals surface area contributed by atoms with Gasteiger partial charge in [-0.15, -0.1) is 0 Å². The first-order chi connectivity index (χ1) is 8.11. The van der Waals surface area contributed by atoms with Gasteiger partial charge in [-0.2, -0.15) is 0 Å². The van der Waals surface area contributed by atoms with Crippen molar-refractivity contribution < 1.29 is 4.79 Å². The normalized spacial score (nSPS) is 12.4. The molecule has 0 spiro atoms. The zero-order valence-electron chi connectivity index (χ0n) is 9.99. The molecule has 0 aliphatic carbocycles. The summed E-state index contributed by atoms with van der Waals surface area (Å²) in [5.41, 5.74) is 0.943. The highest BCUT2D eigenvalue weighted by Gasteiger charge is 2.20. The molecule has 0 bridgehead atoms. The molecular weight excluding hydrogens is 236 g/mol. The molecule has 0 aliphatic heterocycles. The van der Waals surface area contributed by atoms with Gasteiger partial charge in [0, 0.05) is 37.4 Å². The van der Waals surface area contributed by atoms with E-state index in [9.17, 15) is 4.79 Å². The van der Waals surface area contributed by atoms with Crippen molar-refractivity contribution in [3.05, 3.63) is 24.0 Å². The quantitative estimate of drug-likeness (QED) is 0.832. The first-order valence-electron chi connectivity index (χ1n) is 5.25. The van der Waals surface area contributed by atoms with E-state index in [0.29, 0.717) is 0 Å². The summed E-state index contributed by atoms with van der Waals surface area (Å²) in [6, 6.07) is -0.262. The third kappa shape index (κ3) is 2.21. The fourth-order valence-electron chi connectivity index (χ4n) is 1.66. The van der Waals surface area contributed by atoms with Gasteiger partial charge < -0.3 is 9.47 Å². The van der Waals surface area contributed by atoms with Gasteiger partial charge >= 0.3 is 0 Å². The Bertz CT molecular complexity index is 503. The topological polar surface area (TPSA) is 51.0 Å². The first kappa shape index (κ1) is 11.8. The van der Waals surface area contributed by atoms with Gasteiger partial charge in [0.1, 0.15) is 11.9 Å². The van der Waals surface area contributed by atoms with Crippen LogP contribution in [0.25, 0.3) is 11.4 Å². The first-order valence-corrected chi connectivity index (χ1v) is 6.08. The molecule has 2 aromatic rings. The van der Waals surface area contributed by atoms with E-state index in [4.69, 9.17) is 0 Å². The monoisotopic (exact) mass is 250 g/mol. The summed E-state index contributed by atoms with van der Waals surface area (Å²) in [6.45, 7) is 1.87. The Morgan fingerprint density at radius 3 is 2.88 bits per heavy atom. The molecule has 1 amide bonds. The molecule has 5 nitrogen and oxygen atoms in total. The van der Waals surface area contributed by atoms with Crippen molar-refractivity contribution in [2.24, 2.45) is 0 Å². The number of carbonyl (C=O) groups excluding carboxylic acids is 1. The standard InChI is InChI=1S/C11H14N4OS/c1-8(11(16)14(2)3)15-5-4-12-10(15)9-6-13-17-7-9/h4-8H,1-3H3. The number of hydrogen-bond acceptors (Lipinski definition) is 4. The van der Waals surface area contributed by atoms with Gasteiger partial charge in [0.2, 0.25) is 5.91 Å². The van der Waals surface area contributed by atoms with E-state index in [2.05, 4.69) is 9.36 Å². The smallest absolute Gasteiger partial charge is 0.244 e. The molecule has 0 saturated carbocycles. The van der Waals surface area contributed by atoms with Crippen molar-refractivity contribution in [3.8, 4) is 11.4 Å². The Hall–Kier alpha value is -1.69. The van der Waals surface area contributed by atoms with Gasteiger partial charge in [0.05, 0.1) is 6.20 Å². The van der Waals surface area contributed by atoms with Crippen LogP contribution in [0.2, 0.25) is 0 Å². The molecule has 90 valence electrons. The maximum absolute atomic E-state index is 11.9. The molecule has 0 saturated heterocycles. The number of rotatable bonds is 3. The lowest BCUT2D eigenvalue weighted by molar-refractivity contribution is -0.131. The van der Waals surface area contributed by atoms with Crippen molar-refractivity contribution in [2.75, 3.05) is 14.1 Å². The van der Waals surface area contributed by atoms with Gasteiger partial charge in [-0.1, -0.05) is 0 Å². The average molecular weight is 250 g/mol. The number of imidazole rings is 1. The van der Waals surface area contributed by atoms with Crippen LogP contribution >= 0.6 is 11.5 Å². The van der Waals surface area contributed by atoms with E-state index in [1.54, 1.807) is 31.4 Å². The Morgan fingerprint density at radius 2 is 2.29 bits per heavy atom. The minimum Gasteiger partial charge on any atom is -0.347 e. The number of aromatic nitrogens is 3. The minimum atomic E-state index is -0.262. The SMILES string of the molecule is CC(C(=O)N(C)C)n1ccnc1-c1cnsc1. The molecular formula is C11H14N4OS. The number of carbonyl (C=O) groups is 1. The van der Waals surface area contributed by atoms with Gasteiger partial charge in [-0.05, 0) is 18.5 Å². The van der Waals surface area contributed by atoms with Crippen molar-refractivity contribution in [2.45, 2.75) is 13.0 Å². The molecule has 2 rings (SSSR count). The van der Waals surface area contributed by atoms with Gasteiger partial charge in [0.25, 0.3) is 0 Å². The molecule has 0 radical (unpaired) electrons. The van der Waals surface area contributed by atoms with Crippen molar-refractivity contribution in [3.63, 3.8) is 0 Å². The van der Waals surface area contributed by atoms with E-state index >= 15 is 0 Å². The van der Waals surface area contributed by atoms with Crippen LogP contribution in [-0.2, 0) is 4.79 Å². The number of nitrogens with zero attached hydrogens (tertiary/aromatic N) is 4. The van der Waals surface area contributed by atoms with Crippen molar-refractivity contribution >= 4 is 17.4 Å². The molecule has 2 heterocycles. The Morgan fingerprint density at radius 1 is 1.53 bits per heavy atom. The summed E-state index contributed by atoms with van der Waals surface area (Å²) in [7, 11) is 3.50. The van der Waals surface area contributed by atoms with Gasteiger partial charge in [-0.25, -0.2) is 9.36 Å². The fraction of sp³-hybridized carbons (Fsp3) is 0.364. The maximum Gasteiger partial charge on any atom is 0.244 e.